The van der Waals surface area contributed by atoms with Crippen LogP contribution in [-0.2, 0) is 10.0 Å². The summed E-state index contributed by atoms with van der Waals surface area (Å²) in [5.74, 6) is -2.71. The Balaban J connectivity index is 2.44. The molecule has 122 valence electrons. The van der Waals surface area contributed by atoms with Gasteiger partial charge in [0.25, 0.3) is 10.0 Å². The summed E-state index contributed by atoms with van der Waals surface area (Å²) in [5, 5.41) is 8.61. The summed E-state index contributed by atoms with van der Waals surface area (Å²) in [6, 6.07) is 4.51. The summed E-state index contributed by atoms with van der Waals surface area (Å²) in [6.45, 7) is 1.75. The minimum atomic E-state index is -4.07. The highest BCUT2D eigenvalue weighted by atomic mass is 32.2. The van der Waals surface area contributed by atoms with Crippen molar-refractivity contribution >= 4 is 21.7 Å². The zero-order valence-corrected chi connectivity index (χ0v) is 13.0. The summed E-state index contributed by atoms with van der Waals surface area (Å²) < 4.78 is 45.3. The number of aromatic nitrogens is 1. The number of rotatable bonds is 5. The van der Waals surface area contributed by atoms with E-state index < -0.39 is 27.4 Å². The molecule has 2 aromatic rings. The second kappa shape index (κ2) is 6.21. The van der Waals surface area contributed by atoms with Crippen molar-refractivity contribution in [1.82, 2.24) is 4.98 Å². The van der Waals surface area contributed by atoms with Gasteiger partial charge in [-0.2, -0.15) is 8.42 Å². The van der Waals surface area contributed by atoms with Crippen molar-refractivity contribution in [3.8, 4) is 5.75 Å². The Hall–Kier alpha value is -2.68. The van der Waals surface area contributed by atoms with E-state index in [-0.39, 0.29) is 16.5 Å². The van der Waals surface area contributed by atoms with Crippen LogP contribution in [0.4, 0.5) is 10.1 Å². The van der Waals surface area contributed by atoms with E-state index in [0.717, 1.165) is 17.7 Å². The lowest BCUT2D eigenvalue weighted by Crippen LogP contribution is -2.16. The molecule has 0 amide bonds. The summed E-state index contributed by atoms with van der Waals surface area (Å²) in [4.78, 5) is 14.7. The van der Waals surface area contributed by atoms with Crippen LogP contribution in [0.1, 0.15) is 15.9 Å². The molecular weight excluding hydrogens is 327 g/mol. The molecule has 1 aromatic heterocycles. The van der Waals surface area contributed by atoms with E-state index in [4.69, 9.17) is 9.84 Å². The van der Waals surface area contributed by atoms with Gasteiger partial charge in [-0.3, -0.25) is 4.72 Å². The maximum Gasteiger partial charge on any atom is 0.338 e. The number of hydrogen-bond donors (Lipinski definition) is 2. The van der Waals surface area contributed by atoms with Crippen LogP contribution in [0.3, 0.4) is 0 Å². The molecule has 0 saturated carbocycles. The number of nitrogens with one attached hydrogen (secondary N) is 1. The lowest BCUT2D eigenvalue weighted by Gasteiger charge is -2.12. The lowest BCUT2D eigenvalue weighted by atomic mass is 10.2. The fraction of sp³-hybridized carbons (Fsp3) is 0.143. The first-order valence-corrected chi connectivity index (χ1v) is 7.79. The Labute approximate surface area is 131 Å². The first-order chi connectivity index (χ1) is 10.7. The number of carboxylic acids is 1. The number of halogens is 1. The van der Waals surface area contributed by atoms with Crippen LogP contribution in [-0.4, -0.2) is 31.6 Å². The fourth-order valence-corrected chi connectivity index (χ4v) is 2.77. The summed E-state index contributed by atoms with van der Waals surface area (Å²) >= 11 is 0. The topological polar surface area (TPSA) is 106 Å². The minimum absolute atomic E-state index is 0.125. The number of aromatic carboxylic acids is 1. The van der Waals surface area contributed by atoms with Gasteiger partial charge in [-0.1, -0.05) is 6.07 Å². The Morgan fingerprint density at radius 2 is 2.04 bits per heavy atom. The maximum atomic E-state index is 13.8. The standard InChI is InChI=1S/C14H13FN2O5S/c1-8-3-4-13(16-7-8)23(20,21)17-11-6-10(15)9(14(18)19)5-12(11)22-2/h3-7,17H,1-2H3,(H,18,19). The molecule has 1 heterocycles. The van der Waals surface area contributed by atoms with Gasteiger partial charge in [-0.25, -0.2) is 14.2 Å². The first kappa shape index (κ1) is 16.7. The molecule has 1 aromatic carbocycles. The molecule has 7 nitrogen and oxygen atoms in total. The van der Waals surface area contributed by atoms with E-state index in [0.29, 0.717) is 0 Å². The molecule has 0 aliphatic heterocycles. The molecule has 0 bridgehead atoms. The number of pyridine rings is 1. The van der Waals surface area contributed by atoms with Gasteiger partial charge in [-0.05, 0) is 24.6 Å². The lowest BCUT2D eigenvalue weighted by molar-refractivity contribution is 0.0691. The SMILES string of the molecule is COc1cc(C(=O)O)c(F)cc1NS(=O)(=O)c1ccc(C)cn1. The molecule has 0 saturated heterocycles. The number of carbonyl (C=O) groups is 1. The highest BCUT2D eigenvalue weighted by Gasteiger charge is 2.21. The third-order valence-electron chi connectivity index (χ3n) is 2.92. The molecule has 2 rings (SSSR count). The molecule has 0 spiro atoms. The predicted molar refractivity (Wildman–Crippen MR) is 79.7 cm³/mol. The second-order valence-corrected chi connectivity index (χ2v) is 6.25. The van der Waals surface area contributed by atoms with Crippen LogP contribution in [0.5, 0.6) is 5.75 Å². The molecule has 9 heteroatoms. The zero-order valence-electron chi connectivity index (χ0n) is 12.2. The number of methoxy groups -OCH3 is 1. The van der Waals surface area contributed by atoms with Crippen LogP contribution < -0.4 is 9.46 Å². The second-order valence-electron chi connectivity index (χ2n) is 4.62. The van der Waals surface area contributed by atoms with Gasteiger partial charge in [0.05, 0.1) is 18.4 Å². The van der Waals surface area contributed by atoms with Crippen LogP contribution in [0, 0.1) is 12.7 Å². The molecule has 0 radical (unpaired) electrons. The third-order valence-corrected chi connectivity index (χ3v) is 4.20. The third kappa shape index (κ3) is 3.57. The Bertz CT molecular complexity index is 850. The molecule has 0 unspecified atom stereocenters. The Kier molecular flexibility index (Phi) is 4.50. The van der Waals surface area contributed by atoms with E-state index in [1.165, 1.54) is 19.4 Å². The molecule has 23 heavy (non-hydrogen) atoms. The number of nitrogens with zero attached hydrogens (tertiary/aromatic N) is 1. The number of hydrogen-bond acceptors (Lipinski definition) is 5. The summed E-state index contributed by atoms with van der Waals surface area (Å²) in [6.07, 6.45) is 1.37. The van der Waals surface area contributed by atoms with Crippen molar-refractivity contribution in [3.05, 3.63) is 47.4 Å². The molecule has 0 aliphatic rings. The average Bonchev–Trinajstić information content (AvgIpc) is 2.47. The predicted octanol–water partition coefficient (Wildman–Crippen LogP) is 2.04. The van der Waals surface area contributed by atoms with Crippen molar-refractivity contribution in [1.29, 1.82) is 0 Å². The maximum absolute atomic E-state index is 13.8. The van der Waals surface area contributed by atoms with Gasteiger partial charge in [-0.15, -0.1) is 0 Å². The Morgan fingerprint density at radius 1 is 1.35 bits per heavy atom. The molecule has 0 fully saturated rings. The number of aryl methyl sites for hydroxylation is 1. The van der Waals surface area contributed by atoms with Gasteiger partial charge in [0.15, 0.2) is 5.03 Å². The van der Waals surface area contributed by atoms with Gasteiger partial charge < -0.3 is 9.84 Å². The highest BCUT2D eigenvalue weighted by Crippen LogP contribution is 2.29. The number of sulfonamides is 1. The largest absolute Gasteiger partial charge is 0.495 e. The van der Waals surface area contributed by atoms with Gasteiger partial charge in [0, 0.05) is 12.3 Å². The van der Waals surface area contributed by atoms with Crippen molar-refractivity contribution in [3.63, 3.8) is 0 Å². The van der Waals surface area contributed by atoms with E-state index in [9.17, 15) is 17.6 Å². The smallest absolute Gasteiger partial charge is 0.338 e. The quantitative estimate of drug-likeness (QED) is 0.863. The monoisotopic (exact) mass is 340 g/mol. The molecule has 0 aliphatic carbocycles. The summed E-state index contributed by atoms with van der Waals surface area (Å²) in [5.41, 5.74) is -0.0750. The number of benzene rings is 1. The number of carboxylic acid groups (broad SMARTS) is 1. The van der Waals surface area contributed by atoms with Crippen LogP contribution in [0.2, 0.25) is 0 Å². The zero-order chi connectivity index (χ0) is 17.2. The van der Waals surface area contributed by atoms with E-state index in [2.05, 4.69) is 9.71 Å². The number of ether oxygens (including phenoxy) is 1. The Morgan fingerprint density at radius 3 is 2.57 bits per heavy atom. The fourth-order valence-electron chi connectivity index (χ4n) is 1.78. The van der Waals surface area contributed by atoms with Crippen molar-refractivity contribution < 1.29 is 27.4 Å². The summed E-state index contributed by atoms with van der Waals surface area (Å²) in [7, 11) is -2.86. The van der Waals surface area contributed by atoms with Crippen LogP contribution >= 0.6 is 0 Å². The van der Waals surface area contributed by atoms with Gasteiger partial charge in [0.1, 0.15) is 11.6 Å². The highest BCUT2D eigenvalue weighted by molar-refractivity contribution is 7.92. The van der Waals surface area contributed by atoms with Crippen molar-refractivity contribution in [2.45, 2.75) is 11.9 Å². The van der Waals surface area contributed by atoms with E-state index in [1.807, 2.05) is 0 Å². The normalized spacial score (nSPS) is 11.1. The molecular formula is C14H13FN2O5S. The first-order valence-electron chi connectivity index (χ1n) is 6.31. The van der Waals surface area contributed by atoms with Crippen LogP contribution in [0.15, 0.2) is 35.5 Å². The minimum Gasteiger partial charge on any atom is -0.495 e. The molecule has 0 atom stereocenters. The number of anilines is 1. The average molecular weight is 340 g/mol. The van der Waals surface area contributed by atoms with Gasteiger partial charge in [0.2, 0.25) is 0 Å². The van der Waals surface area contributed by atoms with Crippen molar-refractivity contribution in [2.75, 3.05) is 11.8 Å². The van der Waals surface area contributed by atoms with Crippen LogP contribution in [0.25, 0.3) is 0 Å². The van der Waals surface area contributed by atoms with Gasteiger partial charge >= 0.3 is 5.97 Å². The van der Waals surface area contributed by atoms with E-state index >= 15 is 0 Å². The molecule has 2 N–H and O–H groups in total. The van der Waals surface area contributed by atoms with Crippen molar-refractivity contribution in [2.24, 2.45) is 0 Å². The van der Waals surface area contributed by atoms with E-state index in [1.54, 1.807) is 13.0 Å².